The number of rotatable bonds is 6. The lowest BCUT2D eigenvalue weighted by Crippen LogP contribution is -2.34. The Balaban J connectivity index is 1.60. The topological polar surface area (TPSA) is 58.6 Å². The summed E-state index contributed by atoms with van der Waals surface area (Å²) >= 11 is 0. The van der Waals surface area contributed by atoms with Gasteiger partial charge in [-0.3, -0.25) is 9.59 Å². The average Bonchev–Trinajstić information content (AvgIpc) is 3.04. The van der Waals surface area contributed by atoms with Crippen molar-refractivity contribution >= 4 is 17.5 Å². The van der Waals surface area contributed by atoms with E-state index in [0.717, 1.165) is 17.7 Å². The minimum atomic E-state index is -0.330. The molecular formula is C21H24N2O3. The molecule has 0 radical (unpaired) electrons. The molecule has 0 aliphatic carbocycles. The quantitative estimate of drug-likeness (QED) is 0.870. The molecule has 1 atom stereocenters. The summed E-state index contributed by atoms with van der Waals surface area (Å²) in [5, 5.41) is 2.96. The fraction of sp³-hybridized carbons (Fsp3) is 0.333. The van der Waals surface area contributed by atoms with E-state index in [-0.39, 0.29) is 24.2 Å². The first-order valence-electron chi connectivity index (χ1n) is 8.85. The van der Waals surface area contributed by atoms with Gasteiger partial charge in [0, 0.05) is 19.5 Å². The number of methoxy groups -OCH3 is 1. The van der Waals surface area contributed by atoms with Crippen molar-refractivity contribution in [3.8, 4) is 5.75 Å². The maximum atomic E-state index is 12.5. The zero-order chi connectivity index (χ0) is 18.5. The molecule has 1 N–H and O–H groups in total. The Bertz CT molecular complexity index is 789. The number of ether oxygens (including phenoxy) is 1. The Morgan fingerprint density at radius 3 is 2.73 bits per heavy atom. The van der Waals surface area contributed by atoms with Gasteiger partial charge in [-0.25, -0.2) is 0 Å². The van der Waals surface area contributed by atoms with Crippen LogP contribution >= 0.6 is 0 Å². The van der Waals surface area contributed by atoms with Crippen LogP contribution in [0.1, 0.15) is 17.5 Å². The van der Waals surface area contributed by atoms with Crippen molar-refractivity contribution in [1.29, 1.82) is 0 Å². The molecule has 26 heavy (non-hydrogen) atoms. The molecule has 5 heteroatoms. The molecule has 2 aromatic rings. The van der Waals surface area contributed by atoms with Crippen molar-refractivity contribution < 1.29 is 14.3 Å². The Morgan fingerprint density at radius 2 is 2.00 bits per heavy atom. The van der Waals surface area contributed by atoms with Crippen molar-refractivity contribution in [3.63, 3.8) is 0 Å². The normalized spacial score (nSPS) is 16.6. The number of nitrogens with one attached hydrogen (secondary N) is 1. The van der Waals surface area contributed by atoms with E-state index < -0.39 is 0 Å². The number of amides is 2. The molecule has 1 aliphatic heterocycles. The Hall–Kier alpha value is -2.82. The van der Waals surface area contributed by atoms with Crippen LogP contribution in [0.15, 0.2) is 48.5 Å². The first-order valence-corrected chi connectivity index (χ1v) is 8.85. The number of carbonyl (C=O) groups excluding carboxylic acids is 2. The summed E-state index contributed by atoms with van der Waals surface area (Å²) < 4.78 is 5.38. The van der Waals surface area contributed by atoms with Crippen LogP contribution in [0.3, 0.4) is 0 Å². The van der Waals surface area contributed by atoms with Gasteiger partial charge in [0.2, 0.25) is 11.8 Å². The fourth-order valence-corrected chi connectivity index (χ4v) is 3.25. The Kier molecular flexibility index (Phi) is 5.56. The van der Waals surface area contributed by atoms with Crippen LogP contribution in [0.25, 0.3) is 0 Å². The molecular weight excluding hydrogens is 328 g/mol. The summed E-state index contributed by atoms with van der Waals surface area (Å²) in [5.74, 6) is 0.207. The van der Waals surface area contributed by atoms with Crippen LogP contribution in [-0.4, -0.2) is 32.0 Å². The SMILES string of the molecule is COc1ccc(C)cc1N1C[C@@H](C(=O)NCCc2ccccc2)CC1=O. The summed E-state index contributed by atoms with van der Waals surface area (Å²) in [7, 11) is 1.59. The second-order valence-electron chi connectivity index (χ2n) is 6.61. The highest BCUT2D eigenvalue weighted by Gasteiger charge is 2.36. The van der Waals surface area contributed by atoms with E-state index in [9.17, 15) is 9.59 Å². The van der Waals surface area contributed by atoms with Gasteiger partial charge in [0.05, 0.1) is 18.7 Å². The molecule has 3 rings (SSSR count). The molecule has 2 aromatic carbocycles. The zero-order valence-electron chi connectivity index (χ0n) is 15.2. The van der Waals surface area contributed by atoms with E-state index in [1.165, 1.54) is 5.56 Å². The summed E-state index contributed by atoms with van der Waals surface area (Å²) in [6.45, 7) is 2.92. The maximum absolute atomic E-state index is 12.5. The molecule has 1 saturated heterocycles. The first kappa shape index (κ1) is 18.0. The van der Waals surface area contributed by atoms with E-state index in [4.69, 9.17) is 4.74 Å². The molecule has 2 amide bonds. The molecule has 1 aliphatic rings. The van der Waals surface area contributed by atoms with Crippen LogP contribution in [0.5, 0.6) is 5.75 Å². The zero-order valence-corrected chi connectivity index (χ0v) is 15.2. The predicted molar refractivity (Wildman–Crippen MR) is 101 cm³/mol. The van der Waals surface area contributed by atoms with E-state index in [1.807, 2.05) is 55.5 Å². The lowest BCUT2D eigenvalue weighted by molar-refractivity contribution is -0.126. The highest BCUT2D eigenvalue weighted by molar-refractivity contribution is 6.01. The lowest BCUT2D eigenvalue weighted by Gasteiger charge is -2.20. The largest absolute Gasteiger partial charge is 0.495 e. The minimum Gasteiger partial charge on any atom is -0.495 e. The molecule has 0 unspecified atom stereocenters. The molecule has 0 aromatic heterocycles. The predicted octanol–water partition coefficient (Wildman–Crippen LogP) is 2.72. The van der Waals surface area contributed by atoms with Crippen molar-refractivity contribution in [2.75, 3.05) is 25.1 Å². The molecule has 0 spiro atoms. The smallest absolute Gasteiger partial charge is 0.227 e. The van der Waals surface area contributed by atoms with E-state index in [0.29, 0.717) is 18.8 Å². The number of aryl methyl sites for hydroxylation is 1. The number of hydrogen-bond donors (Lipinski definition) is 1. The second-order valence-corrected chi connectivity index (χ2v) is 6.61. The number of benzene rings is 2. The minimum absolute atomic E-state index is 0.0443. The Morgan fingerprint density at radius 1 is 1.23 bits per heavy atom. The van der Waals surface area contributed by atoms with Gasteiger partial charge >= 0.3 is 0 Å². The monoisotopic (exact) mass is 352 g/mol. The maximum Gasteiger partial charge on any atom is 0.227 e. The van der Waals surface area contributed by atoms with Gasteiger partial charge in [-0.2, -0.15) is 0 Å². The molecule has 1 fully saturated rings. The van der Waals surface area contributed by atoms with Gasteiger partial charge in [0.15, 0.2) is 0 Å². The van der Waals surface area contributed by atoms with Crippen LogP contribution in [0.2, 0.25) is 0 Å². The van der Waals surface area contributed by atoms with Crippen molar-refractivity contribution in [1.82, 2.24) is 5.32 Å². The summed E-state index contributed by atoms with van der Waals surface area (Å²) in [6.07, 6.45) is 1.01. The number of nitrogens with zero attached hydrogens (tertiary/aromatic N) is 1. The van der Waals surface area contributed by atoms with Gasteiger partial charge < -0.3 is 15.0 Å². The highest BCUT2D eigenvalue weighted by atomic mass is 16.5. The number of carbonyl (C=O) groups is 2. The second kappa shape index (κ2) is 8.04. The summed E-state index contributed by atoms with van der Waals surface area (Å²) in [4.78, 5) is 26.6. The van der Waals surface area contributed by atoms with E-state index >= 15 is 0 Å². The fourth-order valence-electron chi connectivity index (χ4n) is 3.25. The number of anilines is 1. The first-order chi connectivity index (χ1) is 12.6. The van der Waals surface area contributed by atoms with Gasteiger partial charge in [0.25, 0.3) is 0 Å². The van der Waals surface area contributed by atoms with E-state index in [2.05, 4.69) is 5.32 Å². The average molecular weight is 352 g/mol. The standard InChI is InChI=1S/C21H24N2O3/c1-15-8-9-19(26-2)18(12-15)23-14-17(13-20(23)24)21(25)22-11-10-16-6-4-3-5-7-16/h3-9,12,17H,10-11,13-14H2,1-2H3,(H,22,25)/t17-/m0/s1. The van der Waals surface area contributed by atoms with Crippen LogP contribution in [0, 0.1) is 12.8 Å². The van der Waals surface area contributed by atoms with Gasteiger partial charge in [-0.1, -0.05) is 36.4 Å². The molecule has 5 nitrogen and oxygen atoms in total. The van der Waals surface area contributed by atoms with Crippen LogP contribution < -0.4 is 15.0 Å². The van der Waals surface area contributed by atoms with Crippen LogP contribution in [-0.2, 0) is 16.0 Å². The third-order valence-corrected chi connectivity index (χ3v) is 4.68. The number of hydrogen-bond acceptors (Lipinski definition) is 3. The highest BCUT2D eigenvalue weighted by Crippen LogP contribution is 2.33. The molecule has 136 valence electrons. The third kappa shape index (κ3) is 4.04. The summed E-state index contributed by atoms with van der Waals surface area (Å²) in [5.41, 5.74) is 2.96. The lowest BCUT2D eigenvalue weighted by atomic mass is 10.1. The van der Waals surface area contributed by atoms with Crippen molar-refractivity contribution in [2.24, 2.45) is 5.92 Å². The van der Waals surface area contributed by atoms with Gasteiger partial charge in [-0.15, -0.1) is 0 Å². The Labute approximate surface area is 154 Å². The van der Waals surface area contributed by atoms with E-state index in [1.54, 1.807) is 12.0 Å². The van der Waals surface area contributed by atoms with Gasteiger partial charge in [0.1, 0.15) is 5.75 Å². The molecule has 0 saturated carbocycles. The van der Waals surface area contributed by atoms with Crippen LogP contribution in [0.4, 0.5) is 5.69 Å². The van der Waals surface area contributed by atoms with Gasteiger partial charge in [-0.05, 0) is 36.6 Å². The van der Waals surface area contributed by atoms with Crippen molar-refractivity contribution in [2.45, 2.75) is 19.8 Å². The molecule has 0 bridgehead atoms. The summed E-state index contributed by atoms with van der Waals surface area (Å²) in [6, 6.07) is 15.7. The third-order valence-electron chi connectivity index (χ3n) is 4.68. The van der Waals surface area contributed by atoms with Crippen molar-refractivity contribution in [3.05, 3.63) is 59.7 Å². The molecule has 1 heterocycles.